The fourth-order valence-corrected chi connectivity index (χ4v) is 3.91. The van der Waals surface area contributed by atoms with E-state index in [1.807, 2.05) is 24.3 Å². The molecule has 2 heterocycles. The number of carbonyl (C=O) groups is 1. The van der Waals surface area contributed by atoms with E-state index in [-0.39, 0.29) is 5.91 Å². The van der Waals surface area contributed by atoms with Crippen LogP contribution >= 0.6 is 15.9 Å². The lowest BCUT2D eigenvalue weighted by atomic mass is 9.93. The van der Waals surface area contributed by atoms with Gasteiger partial charge in [0, 0.05) is 23.1 Å². The average molecular weight is 337 g/mol. The van der Waals surface area contributed by atoms with Crippen molar-refractivity contribution in [3.8, 4) is 0 Å². The predicted octanol–water partition coefficient (Wildman–Crippen LogP) is 3.20. The van der Waals surface area contributed by atoms with Gasteiger partial charge in [0.1, 0.15) is 0 Å². The van der Waals surface area contributed by atoms with Crippen LogP contribution in [0.25, 0.3) is 0 Å². The molecule has 0 spiro atoms. The van der Waals surface area contributed by atoms with E-state index in [1.165, 1.54) is 19.3 Å². The lowest BCUT2D eigenvalue weighted by Crippen LogP contribution is -2.52. The van der Waals surface area contributed by atoms with E-state index >= 15 is 0 Å². The molecule has 0 aromatic heterocycles. The molecule has 3 nitrogen and oxygen atoms in total. The molecule has 0 aliphatic carbocycles. The van der Waals surface area contributed by atoms with Crippen LogP contribution in [-0.4, -0.2) is 36.0 Å². The Morgan fingerprint density at radius 1 is 1.20 bits per heavy atom. The van der Waals surface area contributed by atoms with Gasteiger partial charge in [-0.25, -0.2) is 0 Å². The smallest absolute Gasteiger partial charge is 0.255 e. The standard InChI is InChI=1S/C16H21BrN2O/c17-13-7-2-1-6-12(13)16(20)19-11-4-3-9-15(19)14-8-5-10-18-14/h1-2,6-7,14-15,18H,3-5,8-11H2. The van der Waals surface area contributed by atoms with Crippen LogP contribution in [0.4, 0.5) is 0 Å². The van der Waals surface area contributed by atoms with Crippen LogP contribution < -0.4 is 5.32 Å². The zero-order valence-electron chi connectivity index (χ0n) is 11.6. The number of piperidine rings is 1. The SMILES string of the molecule is O=C(c1ccccc1Br)N1CCCCC1C1CCCN1. The monoisotopic (exact) mass is 336 g/mol. The maximum absolute atomic E-state index is 12.9. The molecule has 0 radical (unpaired) electrons. The van der Waals surface area contributed by atoms with E-state index in [1.54, 1.807) is 0 Å². The Hall–Kier alpha value is -0.870. The highest BCUT2D eigenvalue weighted by atomic mass is 79.9. The second kappa shape index (κ2) is 6.27. The molecule has 2 aliphatic rings. The summed E-state index contributed by atoms with van der Waals surface area (Å²) < 4.78 is 0.897. The Morgan fingerprint density at radius 2 is 2.05 bits per heavy atom. The summed E-state index contributed by atoms with van der Waals surface area (Å²) in [5.41, 5.74) is 0.789. The maximum atomic E-state index is 12.9. The normalized spacial score (nSPS) is 26.8. The molecule has 20 heavy (non-hydrogen) atoms. The van der Waals surface area contributed by atoms with Gasteiger partial charge in [-0.1, -0.05) is 12.1 Å². The van der Waals surface area contributed by atoms with Gasteiger partial charge in [0.15, 0.2) is 0 Å². The number of nitrogens with one attached hydrogen (secondary N) is 1. The van der Waals surface area contributed by atoms with Crippen molar-refractivity contribution in [2.75, 3.05) is 13.1 Å². The van der Waals surface area contributed by atoms with E-state index in [0.29, 0.717) is 12.1 Å². The topological polar surface area (TPSA) is 32.3 Å². The van der Waals surface area contributed by atoms with E-state index in [9.17, 15) is 4.79 Å². The summed E-state index contributed by atoms with van der Waals surface area (Å²) in [5, 5.41) is 3.57. The molecule has 2 unspecified atom stereocenters. The highest BCUT2D eigenvalue weighted by molar-refractivity contribution is 9.10. The number of amides is 1. The van der Waals surface area contributed by atoms with Gasteiger partial charge in [0.2, 0.25) is 0 Å². The molecule has 2 aliphatic heterocycles. The summed E-state index contributed by atoms with van der Waals surface area (Å²) in [6, 6.07) is 8.60. The Labute approximate surface area is 128 Å². The first-order valence-electron chi connectivity index (χ1n) is 7.56. The van der Waals surface area contributed by atoms with E-state index < -0.39 is 0 Å². The lowest BCUT2D eigenvalue weighted by molar-refractivity contribution is 0.0562. The molecule has 2 atom stereocenters. The highest BCUT2D eigenvalue weighted by Crippen LogP contribution is 2.27. The zero-order valence-corrected chi connectivity index (χ0v) is 13.2. The number of rotatable bonds is 2. The summed E-state index contributed by atoms with van der Waals surface area (Å²) >= 11 is 3.50. The van der Waals surface area contributed by atoms with E-state index in [2.05, 4.69) is 26.1 Å². The van der Waals surface area contributed by atoms with Crippen molar-refractivity contribution in [3.63, 3.8) is 0 Å². The number of likely N-dealkylation sites (tertiary alicyclic amines) is 1. The van der Waals surface area contributed by atoms with Gasteiger partial charge >= 0.3 is 0 Å². The first-order chi connectivity index (χ1) is 9.77. The molecule has 4 heteroatoms. The van der Waals surface area contributed by atoms with Crippen molar-refractivity contribution in [2.24, 2.45) is 0 Å². The Balaban J connectivity index is 1.82. The number of nitrogens with zero attached hydrogens (tertiary/aromatic N) is 1. The molecule has 2 saturated heterocycles. The first-order valence-corrected chi connectivity index (χ1v) is 8.35. The van der Waals surface area contributed by atoms with Crippen LogP contribution in [0.15, 0.2) is 28.7 Å². The third kappa shape index (κ3) is 2.77. The summed E-state index contributed by atoms with van der Waals surface area (Å²) in [5.74, 6) is 0.177. The number of carbonyl (C=O) groups excluding carboxylic acids is 1. The molecule has 2 fully saturated rings. The van der Waals surface area contributed by atoms with Crippen LogP contribution in [0.2, 0.25) is 0 Å². The predicted molar refractivity (Wildman–Crippen MR) is 83.8 cm³/mol. The molecule has 1 aromatic carbocycles. The van der Waals surface area contributed by atoms with Gasteiger partial charge in [-0.2, -0.15) is 0 Å². The molecule has 3 rings (SSSR count). The van der Waals surface area contributed by atoms with Crippen molar-refractivity contribution in [3.05, 3.63) is 34.3 Å². The van der Waals surface area contributed by atoms with Gasteiger partial charge in [0.25, 0.3) is 5.91 Å². The van der Waals surface area contributed by atoms with Crippen molar-refractivity contribution in [1.82, 2.24) is 10.2 Å². The van der Waals surface area contributed by atoms with E-state index in [4.69, 9.17) is 0 Å². The Bertz CT molecular complexity index is 485. The van der Waals surface area contributed by atoms with Gasteiger partial charge in [0.05, 0.1) is 5.56 Å². The minimum Gasteiger partial charge on any atom is -0.334 e. The first kappa shape index (κ1) is 14.1. The molecule has 108 valence electrons. The van der Waals surface area contributed by atoms with Gasteiger partial charge in [-0.3, -0.25) is 4.79 Å². The average Bonchev–Trinajstić information content (AvgIpc) is 3.01. The summed E-state index contributed by atoms with van der Waals surface area (Å²) in [6.07, 6.45) is 5.93. The van der Waals surface area contributed by atoms with Crippen molar-refractivity contribution < 1.29 is 4.79 Å². The Morgan fingerprint density at radius 3 is 2.80 bits per heavy atom. The molecule has 1 aromatic rings. The number of benzene rings is 1. The lowest BCUT2D eigenvalue weighted by Gasteiger charge is -2.39. The highest BCUT2D eigenvalue weighted by Gasteiger charge is 2.34. The van der Waals surface area contributed by atoms with Crippen LogP contribution in [-0.2, 0) is 0 Å². The van der Waals surface area contributed by atoms with Crippen LogP contribution in [0.5, 0.6) is 0 Å². The minimum atomic E-state index is 0.177. The molecule has 0 bridgehead atoms. The van der Waals surface area contributed by atoms with Gasteiger partial charge in [-0.15, -0.1) is 0 Å². The maximum Gasteiger partial charge on any atom is 0.255 e. The Kier molecular flexibility index (Phi) is 4.41. The van der Waals surface area contributed by atoms with E-state index in [0.717, 1.165) is 36.0 Å². The second-order valence-corrected chi connectivity index (χ2v) is 6.60. The summed E-state index contributed by atoms with van der Waals surface area (Å²) in [6.45, 7) is 1.99. The molecule has 0 saturated carbocycles. The fraction of sp³-hybridized carbons (Fsp3) is 0.562. The van der Waals surface area contributed by atoms with Crippen LogP contribution in [0.1, 0.15) is 42.5 Å². The van der Waals surface area contributed by atoms with Crippen molar-refractivity contribution in [2.45, 2.75) is 44.2 Å². The number of hydrogen-bond acceptors (Lipinski definition) is 2. The van der Waals surface area contributed by atoms with Crippen molar-refractivity contribution in [1.29, 1.82) is 0 Å². The third-order valence-corrected chi connectivity index (χ3v) is 5.17. The van der Waals surface area contributed by atoms with Gasteiger partial charge < -0.3 is 10.2 Å². The van der Waals surface area contributed by atoms with Crippen molar-refractivity contribution >= 4 is 21.8 Å². The van der Waals surface area contributed by atoms with Crippen LogP contribution in [0, 0.1) is 0 Å². The minimum absolute atomic E-state index is 0.177. The number of halogens is 1. The number of hydrogen-bond donors (Lipinski definition) is 1. The molecular formula is C16H21BrN2O. The third-order valence-electron chi connectivity index (χ3n) is 4.48. The zero-order chi connectivity index (χ0) is 13.9. The van der Waals surface area contributed by atoms with Gasteiger partial charge in [-0.05, 0) is 66.7 Å². The molecule has 1 N–H and O–H groups in total. The quantitative estimate of drug-likeness (QED) is 0.899. The van der Waals surface area contributed by atoms with Crippen LogP contribution in [0.3, 0.4) is 0 Å². The summed E-state index contributed by atoms with van der Waals surface area (Å²) in [7, 11) is 0. The fourth-order valence-electron chi connectivity index (χ4n) is 3.46. The molecular weight excluding hydrogens is 316 g/mol. The largest absolute Gasteiger partial charge is 0.334 e. The second-order valence-electron chi connectivity index (χ2n) is 5.74. The summed E-state index contributed by atoms with van der Waals surface area (Å²) in [4.78, 5) is 15.0. The molecule has 1 amide bonds.